The first-order valence-electron chi connectivity index (χ1n) is 7.97. The quantitative estimate of drug-likeness (QED) is 0.878. The van der Waals surface area contributed by atoms with Gasteiger partial charge in [-0.1, -0.05) is 17.4 Å². The number of anilines is 3. The highest BCUT2D eigenvalue weighted by atomic mass is 32.1. The molecular weight excluding hydrogens is 329 g/mol. The van der Waals surface area contributed by atoms with Crippen molar-refractivity contribution >= 4 is 33.3 Å². The fourth-order valence-corrected chi connectivity index (χ4v) is 3.56. The largest absolute Gasteiger partial charge is 0.344 e. The Morgan fingerprint density at radius 3 is 2.92 bits per heavy atom. The summed E-state index contributed by atoms with van der Waals surface area (Å²) in [5.41, 5.74) is 0.926. The molecule has 1 aliphatic rings. The van der Waals surface area contributed by atoms with Crippen LogP contribution in [0.1, 0.15) is 31.7 Å². The van der Waals surface area contributed by atoms with Crippen LogP contribution in [0.25, 0.3) is 0 Å². The van der Waals surface area contributed by atoms with Crippen LogP contribution in [0.2, 0.25) is 0 Å². The Hall–Kier alpha value is -2.22. The van der Waals surface area contributed by atoms with Crippen molar-refractivity contribution in [3.05, 3.63) is 29.6 Å². The molecule has 1 saturated heterocycles. The molecule has 128 valence electrons. The van der Waals surface area contributed by atoms with Crippen molar-refractivity contribution in [3.63, 3.8) is 0 Å². The molecule has 24 heavy (non-hydrogen) atoms. The Morgan fingerprint density at radius 2 is 2.17 bits per heavy atom. The topological polar surface area (TPSA) is 70.1 Å². The van der Waals surface area contributed by atoms with Gasteiger partial charge in [-0.3, -0.25) is 5.32 Å². The Bertz CT molecular complexity index is 735. The molecule has 0 spiro atoms. The number of hydrogen-bond acceptors (Lipinski definition) is 5. The minimum atomic E-state index is -0.465. The Morgan fingerprint density at radius 1 is 1.33 bits per heavy atom. The molecule has 2 heterocycles. The molecule has 0 saturated carbocycles. The summed E-state index contributed by atoms with van der Waals surface area (Å²) in [6.07, 6.45) is 3.52. The van der Waals surface area contributed by atoms with Crippen LogP contribution >= 0.6 is 11.3 Å². The van der Waals surface area contributed by atoms with Crippen molar-refractivity contribution in [1.82, 2.24) is 10.2 Å². The van der Waals surface area contributed by atoms with Crippen LogP contribution in [-0.4, -0.2) is 28.8 Å². The van der Waals surface area contributed by atoms with Crippen molar-refractivity contribution in [2.75, 3.05) is 22.1 Å². The van der Waals surface area contributed by atoms with E-state index in [0.29, 0.717) is 22.4 Å². The zero-order valence-electron chi connectivity index (χ0n) is 13.7. The maximum absolute atomic E-state index is 13.5. The fraction of sp³-hybridized carbons (Fsp3) is 0.438. The van der Waals surface area contributed by atoms with Gasteiger partial charge in [-0.15, -0.1) is 10.2 Å². The molecule has 3 rings (SSSR count). The molecule has 0 bridgehead atoms. The van der Waals surface area contributed by atoms with Crippen molar-refractivity contribution in [2.24, 2.45) is 0 Å². The van der Waals surface area contributed by atoms with Crippen LogP contribution in [0, 0.1) is 12.7 Å². The number of hydrogen-bond donors (Lipinski definition) is 2. The SMILES string of the molecule is Cc1ccc(NC(=O)Nc2nnc(N3CCCC[C@H]3C)s2)cc1F. The molecule has 1 atom stereocenters. The Labute approximate surface area is 144 Å². The number of amides is 2. The molecular formula is C16H20FN5OS. The summed E-state index contributed by atoms with van der Waals surface area (Å²) in [7, 11) is 0. The van der Waals surface area contributed by atoms with Gasteiger partial charge < -0.3 is 10.2 Å². The average molecular weight is 349 g/mol. The lowest BCUT2D eigenvalue weighted by atomic mass is 10.1. The minimum Gasteiger partial charge on any atom is -0.344 e. The van der Waals surface area contributed by atoms with Gasteiger partial charge in [0.15, 0.2) is 0 Å². The number of rotatable bonds is 3. The lowest BCUT2D eigenvalue weighted by molar-refractivity contribution is 0.262. The molecule has 2 aromatic rings. The standard InChI is InChI=1S/C16H20FN5OS/c1-10-6-7-12(9-13(10)17)18-14(23)19-15-20-21-16(24-15)22-8-4-3-5-11(22)2/h6-7,9,11H,3-5,8H2,1-2H3,(H2,18,19,20,23)/t11-/m1/s1. The number of nitrogens with zero attached hydrogens (tertiary/aromatic N) is 3. The highest BCUT2D eigenvalue weighted by Crippen LogP contribution is 2.29. The van der Waals surface area contributed by atoms with E-state index >= 15 is 0 Å². The molecule has 1 aromatic heterocycles. The number of aromatic nitrogens is 2. The summed E-state index contributed by atoms with van der Waals surface area (Å²) in [5.74, 6) is -0.356. The maximum atomic E-state index is 13.5. The number of benzene rings is 1. The molecule has 8 heteroatoms. The predicted octanol–water partition coefficient (Wildman–Crippen LogP) is 4.01. The van der Waals surface area contributed by atoms with E-state index in [1.165, 1.54) is 23.8 Å². The second kappa shape index (κ2) is 7.12. The van der Waals surface area contributed by atoms with Gasteiger partial charge in [-0.25, -0.2) is 9.18 Å². The van der Waals surface area contributed by atoms with Gasteiger partial charge in [0.2, 0.25) is 10.3 Å². The van der Waals surface area contributed by atoms with E-state index in [1.54, 1.807) is 19.1 Å². The van der Waals surface area contributed by atoms with Crippen LogP contribution in [0.4, 0.5) is 25.1 Å². The molecule has 1 fully saturated rings. The first-order chi connectivity index (χ1) is 11.5. The van der Waals surface area contributed by atoms with Gasteiger partial charge in [0.05, 0.1) is 0 Å². The third kappa shape index (κ3) is 3.81. The van der Waals surface area contributed by atoms with E-state index in [9.17, 15) is 9.18 Å². The highest BCUT2D eigenvalue weighted by Gasteiger charge is 2.22. The highest BCUT2D eigenvalue weighted by molar-refractivity contribution is 7.19. The van der Waals surface area contributed by atoms with Gasteiger partial charge in [0.25, 0.3) is 0 Å². The number of carbonyl (C=O) groups is 1. The molecule has 0 aliphatic carbocycles. The Kier molecular flexibility index (Phi) is 4.94. The second-order valence-corrected chi connectivity index (χ2v) is 6.93. The third-order valence-corrected chi connectivity index (χ3v) is 4.99. The summed E-state index contributed by atoms with van der Waals surface area (Å²) >= 11 is 1.35. The summed E-state index contributed by atoms with van der Waals surface area (Å²) < 4.78 is 13.5. The van der Waals surface area contributed by atoms with Crippen LogP contribution in [0.15, 0.2) is 18.2 Å². The van der Waals surface area contributed by atoms with Gasteiger partial charge >= 0.3 is 6.03 Å². The molecule has 6 nitrogen and oxygen atoms in total. The Balaban J connectivity index is 1.61. The van der Waals surface area contributed by atoms with E-state index < -0.39 is 6.03 Å². The fourth-order valence-electron chi connectivity index (χ4n) is 2.69. The normalized spacial score (nSPS) is 17.6. The smallest absolute Gasteiger partial charge is 0.325 e. The van der Waals surface area contributed by atoms with Gasteiger partial charge in [0.1, 0.15) is 5.82 Å². The van der Waals surface area contributed by atoms with E-state index in [-0.39, 0.29) is 5.82 Å². The monoisotopic (exact) mass is 349 g/mol. The summed E-state index contributed by atoms with van der Waals surface area (Å²) in [6, 6.07) is 4.53. The predicted molar refractivity (Wildman–Crippen MR) is 94.3 cm³/mol. The number of halogens is 1. The number of urea groups is 1. The van der Waals surface area contributed by atoms with Crippen molar-refractivity contribution < 1.29 is 9.18 Å². The number of piperidine rings is 1. The van der Waals surface area contributed by atoms with Crippen LogP contribution < -0.4 is 15.5 Å². The maximum Gasteiger partial charge on any atom is 0.325 e. The summed E-state index contributed by atoms with van der Waals surface area (Å²) in [5, 5.41) is 14.7. The minimum absolute atomic E-state index is 0.356. The van der Waals surface area contributed by atoms with E-state index in [2.05, 4.69) is 32.7 Å². The number of carbonyl (C=O) groups excluding carboxylic acids is 1. The zero-order valence-corrected chi connectivity index (χ0v) is 14.5. The van der Waals surface area contributed by atoms with Crippen LogP contribution in [0.5, 0.6) is 0 Å². The second-order valence-electron chi connectivity index (χ2n) is 5.97. The first-order valence-corrected chi connectivity index (χ1v) is 8.79. The number of aryl methyl sites for hydroxylation is 1. The van der Waals surface area contributed by atoms with Crippen molar-refractivity contribution in [1.29, 1.82) is 0 Å². The molecule has 1 aliphatic heterocycles. The summed E-state index contributed by atoms with van der Waals surface area (Å²) in [4.78, 5) is 14.2. The molecule has 0 radical (unpaired) electrons. The molecule has 2 N–H and O–H groups in total. The molecule has 2 amide bonds. The van der Waals surface area contributed by atoms with E-state index in [4.69, 9.17) is 0 Å². The van der Waals surface area contributed by atoms with E-state index in [0.717, 1.165) is 24.5 Å². The zero-order chi connectivity index (χ0) is 17.1. The lowest BCUT2D eigenvalue weighted by Crippen LogP contribution is -2.37. The molecule has 1 aromatic carbocycles. The van der Waals surface area contributed by atoms with Gasteiger partial charge in [-0.2, -0.15) is 0 Å². The summed E-state index contributed by atoms with van der Waals surface area (Å²) in [6.45, 7) is 4.81. The van der Waals surface area contributed by atoms with E-state index in [1.807, 2.05) is 0 Å². The van der Waals surface area contributed by atoms with Gasteiger partial charge in [-0.05, 0) is 50.8 Å². The van der Waals surface area contributed by atoms with Crippen molar-refractivity contribution in [3.8, 4) is 0 Å². The average Bonchev–Trinajstić information content (AvgIpc) is 2.99. The van der Waals surface area contributed by atoms with Crippen LogP contribution in [0.3, 0.4) is 0 Å². The lowest BCUT2D eigenvalue weighted by Gasteiger charge is -2.32. The third-order valence-electron chi connectivity index (χ3n) is 4.11. The van der Waals surface area contributed by atoms with Crippen molar-refractivity contribution in [2.45, 2.75) is 39.2 Å². The van der Waals surface area contributed by atoms with Crippen LogP contribution in [-0.2, 0) is 0 Å². The molecule has 0 unspecified atom stereocenters. The number of nitrogens with one attached hydrogen (secondary N) is 2. The first kappa shape index (κ1) is 16.6. The van der Waals surface area contributed by atoms with Gasteiger partial charge in [0, 0.05) is 18.3 Å².